The van der Waals surface area contributed by atoms with Gasteiger partial charge in [-0.3, -0.25) is 9.59 Å². The molecule has 2 heterocycles. The lowest BCUT2D eigenvalue weighted by atomic mass is 10.1. The van der Waals surface area contributed by atoms with E-state index in [4.69, 9.17) is 4.74 Å². The van der Waals surface area contributed by atoms with E-state index in [2.05, 4.69) is 15.6 Å². The molecule has 1 aliphatic heterocycles. The van der Waals surface area contributed by atoms with E-state index in [0.29, 0.717) is 11.4 Å². The molecule has 2 amide bonds. The van der Waals surface area contributed by atoms with Crippen molar-refractivity contribution in [3.8, 4) is 17.0 Å². The lowest BCUT2D eigenvalue weighted by molar-refractivity contribution is -0.118. The van der Waals surface area contributed by atoms with Gasteiger partial charge in [-0.15, -0.1) is 11.3 Å². The summed E-state index contributed by atoms with van der Waals surface area (Å²) in [5.74, 6) is 0.374. The number of thiazole rings is 1. The summed E-state index contributed by atoms with van der Waals surface area (Å²) in [4.78, 5) is 29.6. The van der Waals surface area contributed by atoms with Crippen LogP contribution in [0.4, 0.5) is 11.4 Å². The summed E-state index contributed by atoms with van der Waals surface area (Å²) >= 11 is 1.50. The Morgan fingerprint density at radius 2 is 2.11 bits per heavy atom. The van der Waals surface area contributed by atoms with E-state index in [-0.39, 0.29) is 24.8 Å². The van der Waals surface area contributed by atoms with Gasteiger partial charge in [0.2, 0.25) is 5.91 Å². The third-order valence-corrected chi connectivity index (χ3v) is 5.31. The van der Waals surface area contributed by atoms with E-state index in [1.165, 1.54) is 11.3 Å². The summed E-state index contributed by atoms with van der Waals surface area (Å²) in [6, 6.07) is 13.3. The van der Waals surface area contributed by atoms with Crippen LogP contribution < -0.4 is 15.4 Å². The molecule has 4 rings (SSSR count). The molecule has 0 fully saturated rings. The zero-order chi connectivity index (χ0) is 19.7. The average Bonchev–Trinajstić information content (AvgIpc) is 3.01. The lowest BCUT2D eigenvalue weighted by Gasteiger charge is -2.18. The third-order valence-electron chi connectivity index (χ3n) is 4.34. The Kier molecular flexibility index (Phi) is 4.83. The molecule has 0 unspecified atom stereocenters. The maximum Gasteiger partial charge on any atom is 0.262 e. The minimum absolute atomic E-state index is 0.0300. The Bertz CT molecular complexity index is 1070. The molecule has 0 bridgehead atoms. The van der Waals surface area contributed by atoms with E-state index >= 15 is 0 Å². The third kappa shape index (κ3) is 3.89. The Balaban J connectivity index is 1.51. The monoisotopic (exact) mass is 393 g/mol. The first kappa shape index (κ1) is 18.2. The van der Waals surface area contributed by atoms with E-state index in [0.717, 1.165) is 32.4 Å². The van der Waals surface area contributed by atoms with Gasteiger partial charge in [-0.1, -0.05) is 12.1 Å². The number of carbonyl (C=O) groups is 2. The standard InChI is InChI=1S/C21H19N3O3S/c1-12-4-3-5-15(8-12)22-18(25)10-20-24-21(13(2)28-20)14-6-7-17-16(9-14)23-19(26)11-27-17/h3-9H,10-11H2,1-2H3,(H,22,25)(H,23,26). The number of nitrogens with one attached hydrogen (secondary N) is 2. The number of aryl methyl sites for hydroxylation is 2. The number of fused-ring (bicyclic) bond motifs is 1. The van der Waals surface area contributed by atoms with Crippen LogP contribution in [-0.4, -0.2) is 23.4 Å². The largest absolute Gasteiger partial charge is 0.482 e. The molecule has 2 N–H and O–H groups in total. The smallest absolute Gasteiger partial charge is 0.262 e. The summed E-state index contributed by atoms with van der Waals surface area (Å²) in [7, 11) is 0. The van der Waals surface area contributed by atoms with Crippen LogP contribution in [0.5, 0.6) is 5.75 Å². The molecule has 3 aromatic rings. The van der Waals surface area contributed by atoms with Gasteiger partial charge in [-0.05, 0) is 49.7 Å². The van der Waals surface area contributed by atoms with E-state index < -0.39 is 0 Å². The SMILES string of the molecule is Cc1cccc(NC(=O)Cc2nc(-c3ccc4c(c3)NC(=O)CO4)c(C)s2)c1. The van der Waals surface area contributed by atoms with Crippen molar-refractivity contribution in [1.29, 1.82) is 0 Å². The molecule has 28 heavy (non-hydrogen) atoms. The molecular formula is C21H19N3O3S. The van der Waals surface area contributed by atoms with Crippen molar-refractivity contribution < 1.29 is 14.3 Å². The van der Waals surface area contributed by atoms with Crippen LogP contribution in [-0.2, 0) is 16.0 Å². The van der Waals surface area contributed by atoms with Crippen molar-refractivity contribution in [2.24, 2.45) is 0 Å². The predicted molar refractivity (Wildman–Crippen MR) is 110 cm³/mol. The normalized spacial score (nSPS) is 12.7. The van der Waals surface area contributed by atoms with Crippen molar-refractivity contribution in [2.75, 3.05) is 17.2 Å². The molecule has 0 saturated carbocycles. The van der Waals surface area contributed by atoms with E-state index in [9.17, 15) is 9.59 Å². The second-order valence-corrected chi connectivity index (χ2v) is 7.94. The molecular weight excluding hydrogens is 374 g/mol. The molecule has 2 aromatic carbocycles. The molecule has 0 atom stereocenters. The molecule has 6 nitrogen and oxygen atoms in total. The maximum absolute atomic E-state index is 12.4. The first-order valence-corrected chi connectivity index (χ1v) is 9.69. The van der Waals surface area contributed by atoms with Gasteiger partial charge >= 0.3 is 0 Å². The zero-order valence-corrected chi connectivity index (χ0v) is 16.4. The number of benzene rings is 2. The van der Waals surface area contributed by atoms with Gasteiger partial charge in [0.05, 0.1) is 17.8 Å². The molecule has 7 heteroatoms. The van der Waals surface area contributed by atoms with Crippen molar-refractivity contribution in [1.82, 2.24) is 4.98 Å². The van der Waals surface area contributed by atoms with Crippen molar-refractivity contribution in [3.63, 3.8) is 0 Å². The van der Waals surface area contributed by atoms with Crippen LogP contribution >= 0.6 is 11.3 Å². The number of ether oxygens (including phenoxy) is 1. The Hall–Kier alpha value is -3.19. The number of anilines is 2. The van der Waals surface area contributed by atoms with Crippen molar-refractivity contribution >= 4 is 34.5 Å². The average molecular weight is 393 g/mol. The fraction of sp³-hybridized carbons (Fsp3) is 0.190. The number of nitrogens with zero attached hydrogens (tertiary/aromatic N) is 1. The summed E-state index contributed by atoms with van der Waals surface area (Å²) in [5.41, 5.74) is 4.20. The second kappa shape index (κ2) is 7.44. The summed E-state index contributed by atoms with van der Waals surface area (Å²) < 4.78 is 5.40. The van der Waals surface area contributed by atoms with Gasteiger partial charge < -0.3 is 15.4 Å². The first-order valence-electron chi connectivity index (χ1n) is 8.88. The summed E-state index contributed by atoms with van der Waals surface area (Å²) in [5, 5.41) is 6.46. The maximum atomic E-state index is 12.4. The number of amides is 2. The fourth-order valence-electron chi connectivity index (χ4n) is 3.09. The van der Waals surface area contributed by atoms with Crippen LogP contribution in [0.1, 0.15) is 15.4 Å². The van der Waals surface area contributed by atoms with Crippen LogP contribution in [0.15, 0.2) is 42.5 Å². The quantitative estimate of drug-likeness (QED) is 0.704. The molecule has 0 radical (unpaired) electrons. The van der Waals surface area contributed by atoms with Crippen LogP contribution in [0, 0.1) is 13.8 Å². The van der Waals surface area contributed by atoms with Gasteiger partial charge in [0.1, 0.15) is 10.8 Å². The van der Waals surface area contributed by atoms with Gasteiger partial charge in [-0.2, -0.15) is 0 Å². The van der Waals surface area contributed by atoms with Gasteiger partial charge in [0.25, 0.3) is 5.91 Å². The number of hydrogen-bond donors (Lipinski definition) is 2. The van der Waals surface area contributed by atoms with Gasteiger partial charge in [0.15, 0.2) is 6.61 Å². The zero-order valence-electron chi connectivity index (χ0n) is 15.5. The molecule has 0 spiro atoms. The second-order valence-electron chi connectivity index (χ2n) is 6.65. The number of aromatic nitrogens is 1. The Morgan fingerprint density at radius 1 is 1.25 bits per heavy atom. The number of hydrogen-bond acceptors (Lipinski definition) is 5. The minimum Gasteiger partial charge on any atom is -0.482 e. The lowest BCUT2D eigenvalue weighted by Crippen LogP contribution is -2.25. The topological polar surface area (TPSA) is 80.3 Å². The van der Waals surface area contributed by atoms with Gasteiger partial charge in [0, 0.05) is 16.1 Å². The highest BCUT2D eigenvalue weighted by Crippen LogP contribution is 2.35. The molecule has 142 valence electrons. The highest BCUT2D eigenvalue weighted by atomic mass is 32.1. The molecule has 0 saturated heterocycles. The Labute approximate surface area is 166 Å². The molecule has 1 aromatic heterocycles. The fourth-order valence-corrected chi connectivity index (χ4v) is 4.04. The van der Waals surface area contributed by atoms with Crippen LogP contribution in [0.2, 0.25) is 0 Å². The van der Waals surface area contributed by atoms with Crippen LogP contribution in [0.3, 0.4) is 0 Å². The van der Waals surface area contributed by atoms with Gasteiger partial charge in [-0.25, -0.2) is 4.98 Å². The van der Waals surface area contributed by atoms with Crippen LogP contribution in [0.25, 0.3) is 11.3 Å². The summed E-state index contributed by atoms with van der Waals surface area (Å²) in [6.07, 6.45) is 0.213. The molecule has 0 aliphatic carbocycles. The minimum atomic E-state index is -0.173. The van der Waals surface area contributed by atoms with E-state index in [1.54, 1.807) is 0 Å². The predicted octanol–water partition coefficient (Wildman–Crippen LogP) is 3.94. The van der Waals surface area contributed by atoms with E-state index in [1.807, 2.05) is 56.3 Å². The highest BCUT2D eigenvalue weighted by Gasteiger charge is 2.19. The summed E-state index contributed by atoms with van der Waals surface area (Å²) in [6.45, 7) is 3.99. The number of rotatable bonds is 4. The highest BCUT2D eigenvalue weighted by molar-refractivity contribution is 7.12. The first-order chi connectivity index (χ1) is 13.5. The van der Waals surface area contributed by atoms with Crippen molar-refractivity contribution in [2.45, 2.75) is 20.3 Å². The number of carbonyl (C=O) groups excluding carboxylic acids is 2. The molecule has 1 aliphatic rings. The van der Waals surface area contributed by atoms with Crippen molar-refractivity contribution in [3.05, 3.63) is 57.9 Å². The Morgan fingerprint density at radius 3 is 2.93 bits per heavy atom.